The number of alkyl halides is 1. The fraction of sp³-hybridized carbons (Fsp3) is 0.231. The van der Waals surface area contributed by atoms with Gasteiger partial charge in [0.15, 0.2) is 0 Å². The smallest absolute Gasteiger partial charge is 0.0480 e. The zero-order valence-corrected chi connectivity index (χ0v) is 9.01. The van der Waals surface area contributed by atoms with Crippen LogP contribution in [0.15, 0.2) is 36.4 Å². The number of hydrogen-bond acceptors (Lipinski definition) is 0. The van der Waals surface area contributed by atoms with Crippen LogP contribution in [-0.4, -0.2) is 0 Å². The molecule has 2 aromatic rings. The number of fused-ring (bicyclic) bond motifs is 1. The second kappa shape index (κ2) is 4.02. The van der Waals surface area contributed by atoms with E-state index in [0.717, 1.165) is 6.42 Å². The molecular formula is C13H13Cl. The minimum atomic E-state index is 0.586. The molecule has 0 saturated heterocycles. The van der Waals surface area contributed by atoms with Crippen molar-refractivity contribution in [3.63, 3.8) is 0 Å². The van der Waals surface area contributed by atoms with Crippen molar-refractivity contribution < 1.29 is 0 Å². The first kappa shape index (κ1) is 9.54. The Labute approximate surface area is 89.5 Å². The topological polar surface area (TPSA) is 0 Å². The van der Waals surface area contributed by atoms with Crippen molar-refractivity contribution in [1.82, 2.24) is 0 Å². The van der Waals surface area contributed by atoms with E-state index in [-0.39, 0.29) is 0 Å². The van der Waals surface area contributed by atoms with Crippen LogP contribution in [0, 0.1) is 0 Å². The number of rotatable bonds is 2. The Hall–Kier alpha value is -1.01. The van der Waals surface area contributed by atoms with Crippen molar-refractivity contribution in [2.24, 2.45) is 0 Å². The van der Waals surface area contributed by atoms with Crippen LogP contribution in [0.25, 0.3) is 10.8 Å². The zero-order valence-electron chi connectivity index (χ0n) is 8.26. The number of aryl methyl sites for hydroxylation is 1. The second-order valence-corrected chi connectivity index (χ2v) is 3.73. The lowest BCUT2D eigenvalue weighted by atomic mass is 10.0. The van der Waals surface area contributed by atoms with Crippen molar-refractivity contribution in [3.8, 4) is 0 Å². The maximum absolute atomic E-state index is 5.88. The summed E-state index contributed by atoms with van der Waals surface area (Å²) in [6.07, 6.45) is 1.08. The predicted octanol–water partition coefficient (Wildman–Crippen LogP) is 4.14. The summed E-state index contributed by atoms with van der Waals surface area (Å²) in [5.74, 6) is 0.586. The van der Waals surface area contributed by atoms with Gasteiger partial charge in [0, 0.05) is 5.88 Å². The van der Waals surface area contributed by atoms with Crippen LogP contribution in [0.4, 0.5) is 0 Å². The van der Waals surface area contributed by atoms with Gasteiger partial charge in [0.05, 0.1) is 0 Å². The van der Waals surface area contributed by atoms with Crippen LogP contribution in [-0.2, 0) is 12.3 Å². The maximum atomic E-state index is 5.88. The first-order chi connectivity index (χ1) is 6.85. The van der Waals surface area contributed by atoms with Gasteiger partial charge in [0.2, 0.25) is 0 Å². The lowest BCUT2D eigenvalue weighted by Gasteiger charge is -2.04. The molecule has 0 aromatic heterocycles. The Balaban J connectivity index is 2.67. The van der Waals surface area contributed by atoms with E-state index in [1.165, 1.54) is 21.9 Å². The lowest BCUT2D eigenvalue weighted by Crippen LogP contribution is -1.84. The summed E-state index contributed by atoms with van der Waals surface area (Å²) in [5.41, 5.74) is 2.59. The molecule has 0 bridgehead atoms. The molecule has 0 aliphatic heterocycles. The lowest BCUT2D eigenvalue weighted by molar-refractivity contribution is 1.15. The molecule has 0 nitrogen and oxygen atoms in total. The molecule has 0 N–H and O–H groups in total. The highest BCUT2D eigenvalue weighted by atomic mass is 35.5. The summed E-state index contributed by atoms with van der Waals surface area (Å²) in [7, 11) is 0. The van der Waals surface area contributed by atoms with E-state index in [1.54, 1.807) is 0 Å². The third-order valence-electron chi connectivity index (χ3n) is 2.59. The molecule has 14 heavy (non-hydrogen) atoms. The summed E-state index contributed by atoms with van der Waals surface area (Å²) in [6, 6.07) is 12.9. The van der Waals surface area contributed by atoms with Crippen molar-refractivity contribution in [3.05, 3.63) is 47.5 Å². The highest BCUT2D eigenvalue weighted by Gasteiger charge is 1.99. The standard InChI is InChI=1S/C13H13Cl/c1-2-10-6-7-13-11(8-10)4-3-5-12(13)9-14/h3-8H,2,9H2,1H3. The summed E-state index contributed by atoms with van der Waals surface area (Å²) >= 11 is 5.88. The second-order valence-electron chi connectivity index (χ2n) is 3.46. The monoisotopic (exact) mass is 204 g/mol. The minimum absolute atomic E-state index is 0.586. The number of hydrogen-bond donors (Lipinski definition) is 0. The summed E-state index contributed by atoms with van der Waals surface area (Å²) in [6.45, 7) is 2.17. The van der Waals surface area contributed by atoms with Gasteiger partial charge < -0.3 is 0 Å². The summed E-state index contributed by atoms with van der Waals surface area (Å²) in [4.78, 5) is 0. The average Bonchev–Trinajstić information content (AvgIpc) is 2.27. The third-order valence-corrected chi connectivity index (χ3v) is 2.88. The molecule has 0 spiro atoms. The molecule has 0 radical (unpaired) electrons. The molecule has 0 amide bonds. The van der Waals surface area contributed by atoms with Crippen LogP contribution in [0.1, 0.15) is 18.1 Å². The van der Waals surface area contributed by atoms with Crippen molar-refractivity contribution in [2.45, 2.75) is 19.2 Å². The van der Waals surface area contributed by atoms with Gasteiger partial charge in [-0.05, 0) is 28.3 Å². The molecule has 0 saturated carbocycles. The molecule has 2 aromatic carbocycles. The third kappa shape index (κ3) is 1.62. The summed E-state index contributed by atoms with van der Waals surface area (Å²) < 4.78 is 0. The minimum Gasteiger partial charge on any atom is -0.122 e. The van der Waals surface area contributed by atoms with Gasteiger partial charge in [0.25, 0.3) is 0 Å². The molecule has 72 valence electrons. The van der Waals surface area contributed by atoms with Crippen molar-refractivity contribution >= 4 is 22.4 Å². The molecule has 0 fully saturated rings. The quantitative estimate of drug-likeness (QED) is 0.645. The van der Waals surface area contributed by atoms with Gasteiger partial charge in [-0.2, -0.15) is 0 Å². The summed E-state index contributed by atoms with van der Waals surface area (Å²) in [5, 5.41) is 2.57. The number of benzene rings is 2. The van der Waals surface area contributed by atoms with Crippen LogP contribution < -0.4 is 0 Å². The average molecular weight is 205 g/mol. The Morgan fingerprint density at radius 3 is 2.71 bits per heavy atom. The highest BCUT2D eigenvalue weighted by Crippen LogP contribution is 2.21. The normalized spacial score (nSPS) is 10.7. The molecular weight excluding hydrogens is 192 g/mol. The Morgan fingerprint density at radius 2 is 2.00 bits per heavy atom. The maximum Gasteiger partial charge on any atom is 0.0480 e. The molecule has 0 aliphatic carbocycles. The van der Waals surface area contributed by atoms with E-state index in [9.17, 15) is 0 Å². The SMILES string of the molecule is CCc1ccc2c(CCl)cccc2c1. The van der Waals surface area contributed by atoms with E-state index in [2.05, 4.69) is 43.3 Å². The van der Waals surface area contributed by atoms with E-state index < -0.39 is 0 Å². The first-order valence-electron chi connectivity index (χ1n) is 4.91. The Bertz CT molecular complexity index is 446. The molecule has 0 unspecified atom stereocenters. The molecule has 0 aliphatic rings. The molecule has 2 rings (SSSR count). The van der Waals surface area contributed by atoms with Gasteiger partial charge in [-0.25, -0.2) is 0 Å². The molecule has 0 heterocycles. The van der Waals surface area contributed by atoms with E-state index in [4.69, 9.17) is 11.6 Å². The Morgan fingerprint density at radius 1 is 1.14 bits per heavy atom. The largest absolute Gasteiger partial charge is 0.122 e. The Kier molecular flexibility index (Phi) is 2.74. The van der Waals surface area contributed by atoms with E-state index in [1.807, 2.05) is 0 Å². The highest BCUT2D eigenvalue weighted by molar-refractivity contribution is 6.18. The number of halogens is 1. The molecule has 0 atom stereocenters. The molecule has 1 heteroatoms. The van der Waals surface area contributed by atoms with E-state index >= 15 is 0 Å². The van der Waals surface area contributed by atoms with Gasteiger partial charge in [-0.3, -0.25) is 0 Å². The van der Waals surface area contributed by atoms with Crippen LogP contribution in [0.2, 0.25) is 0 Å². The van der Waals surface area contributed by atoms with Gasteiger partial charge >= 0.3 is 0 Å². The fourth-order valence-electron chi connectivity index (χ4n) is 1.74. The predicted molar refractivity (Wildman–Crippen MR) is 62.9 cm³/mol. The van der Waals surface area contributed by atoms with Crippen LogP contribution in [0.3, 0.4) is 0 Å². The van der Waals surface area contributed by atoms with Gasteiger partial charge in [0.1, 0.15) is 0 Å². The van der Waals surface area contributed by atoms with E-state index in [0.29, 0.717) is 5.88 Å². The van der Waals surface area contributed by atoms with Crippen molar-refractivity contribution in [1.29, 1.82) is 0 Å². The first-order valence-corrected chi connectivity index (χ1v) is 5.45. The van der Waals surface area contributed by atoms with Crippen molar-refractivity contribution in [2.75, 3.05) is 0 Å². The van der Waals surface area contributed by atoms with Gasteiger partial charge in [-0.1, -0.05) is 43.3 Å². The van der Waals surface area contributed by atoms with Crippen LogP contribution in [0.5, 0.6) is 0 Å². The zero-order chi connectivity index (χ0) is 9.97. The van der Waals surface area contributed by atoms with Gasteiger partial charge in [-0.15, -0.1) is 11.6 Å². The van der Waals surface area contributed by atoms with Crippen LogP contribution >= 0.6 is 11.6 Å². The fourth-order valence-corrected chi connectivity index (χ4v) is 1.97.